The molecule has 0 unspecified atom stereocenters. The van der Waals surface area contributed by atoms with Gasteiger partial charge in [-0.1, -0.05) is 72.8 Å². The molecule has 0 saturated heterocycles. The van der Waals surface area contributed by atoms with Gasteiger partial charge in [-0.05, 0) is 112 Å². The molecule has 0 atom stereocenters. The van der Waals surface area contributed by atoms with Gasteiger partial charge in [-0.25, -0.2) is 0 Å². The Balaban J connectivity index is 1.60. The summed E-state index contributed by atoms with van der Waals surface area (Å²) in [5, 5.41) is 15.9. The molecule has 216 valence electrons. The molecule has 46 heavy (non-hydrogen) atoms. The van der Waals surface area contributed by atoms with Crippen molar-refractivity contribution in [2.45, 2.75) is 0 Å². The summed E-state index contributed by atoms with van der Waals surface area (Å²) < 4.78 is 0. The van der Waals surface area contributed by atoms with Crippen LogP contribution in [0.1, 0.15) is 0 Å². The fourth-order valence-corrected chi connectivity index (χ4v) is 20.0. The molecule has 1 aliphatic heterocycles. The van der Waals surface area contributed by atoms with E-state index < -0.39 is 16.1 Å². The van der Waals surface area contributed by atoms with E-state index in [9.17, 15) is 0 Å². The lowest BCUT2D eigenvalue weighted by Gasteiger charge is -2.49. The van der Waals surface area contributed by atoms with Crippen molar-refractivity contribution in [3.8, 4) is 0 Å². The minimum absolute atomic E-state index is 1.25. The van der Waals surface area contributed by atoms with Gasteiger partial charge in [-0.3, -0.25) is 19.9 Å². The van der Waals surface area contributed by atoms with E-state index in [0.29, 0.717) is 0 Å². The molecule has 4 aromatic heterocycles. The van der Waals surface area contributed by atoms with E-state index in [1.165, 1.54) is 63.0 Å². The maximum Gasteiger partial charge on any atom is 0.179 e. The van der Waals surface area contributed by atoms with Crippen molar-refractivity contribution in [3.63, 3.8) is 0 Å². The number of hydrogen-bond acceptors (Lipinski definition) is 4. The van der Waals surface area contributed by atoms with E-state index in [2.05, 4.69) is 141 Å². The smallest absolute Gasteiger partial charge is 0.179 e. The standard InChI is InChI=1S/C40H28N4Si2/c1-2-6-30-26-38-37(25-29(30)5-1)45(33-9-17-41-18-10-33,34-11-19-42-20-12-34)39-27-31-7-3-4-8-32(31)28-40(39)46(38,35-13-21-43-22-14-35)36-15-23-44-24-16-36/h1-28H. The fourth-order valence-electron chi connectivity index (χ4n) is 8.00. The Bertz CT molecular complexity index is 2030. The summed E-state index contributed by atoms with van der Waals surface area (Å²) in [7, 11) is -5.88. The molecule has 0 spiro atoms. The van der Waals surface area contributed by atoms with Crippen LogP contribution in [-0.4, -0.2) is 36.1 Å². The number of rotatable bonds is 4. The second kappa shape index (κ2) is 10.5. The van der Waals surface area contributed by atoms with Crippen molar-refractivity contribution in [1.82, 2.24) is 19.9 Å². The number of benzene rings is 4. The first-order chi connectivity index (χ1) is 22.8. The average molecular weight is 621 g/mol. The summed E-state index contributed by atoms with van der Waals surface area (Å²) in [5.41, 5.74) is 0. The zero-order valence-corrected chi connectivity index (χ0v) is 27.0. The average Bonchev–Trinajstić information content (AvgIpc) is 3.14. The summed E-state index contributed by atoms with van der Waals surface area (Å²) in [4.78, 5) is 18.0. The minimum Gasteiger partial charge on any atom is -0.265 e. The van der Waals surface area contributed by atoms with Gasteiger partial charge in [0.25, 0.3) is 0 Å². The normalized spacial score (nSPS) is 14.4. The van der Waals surface area contributed by atoms with Crippen LogP contribution in [0.4, 0.5) is 0 Å². The zero-order chi connectivity index (χ0) is 30.6. The van der Waals surface area contributed by atoms with E-state index in [1.807, 2.05) is 49.6 Å². The van der Waals surface area contributed by atoms with Crippen molar-refractivity contribution >= 4 is 79.2 Å². The molecule has 0 N–H and O–H groups in total. The summed E-state index contributed by atoms with van der Waals surface area (Å²) in [6, 6.07) is 45.7. The lowest BCUT2D eigenvalue weighted by atomic mass is 10.1. The van der Waals surface area contributed by atoms with Gasteiger partial charge >= 0.3 is 0 Å². The predicted molar refractivity (Wildman–Crippen MR) is 193 cm³/mol. The second-order valence-electron chi connectivity index (χ2n) is 11.9. The molecule has 8 aromatic rings. The quantitative estimate of drug-likeness (QED) is 0.284. The van der Waals surface area contributed by atoms with Crippen molar-refractivity contribution in [2.75, 3.05) is 0 Å². The number of hydrogen-bond donors (Lipinski definition) is 0. The lowest BCUT2D eigenvalue weighted by Crippen LogP contribution is -2.93. The van der Waals surface area contributed by atoms with Crippen LogP contribution in [0, 0.1) is 0 Å². The van der Waals surface area contributed by atoms with E-state index in [4.69, 9.17) is 0 Å². The fraction of sp³-hybridized carbons (Fsp3) is 0. The first kappa shape index (κ1) is 26.8. The molecule has 4 aromatic carbocycles. The maximum absolute atomic E-state index is 4.51. The molecule has 6 heteroatoms. The Kier molecular flexibility index (Phi) is 6.13. The van der Waals surface area contributed by atoms with Crippen LogP contribution in [-0.2, 0) is 0 Å². The Morgan fingerprint density at radius 1 is 0.283 bits per heavy atom. The van der Waals surface area contributed by atoms with Gasteiger partial charge in [0.05, 0.1) is 0 Å². The van der Waals surface area contributed by atoms with Crippen molar-refractivity contribution in [1.29, 1.82) is 0 Å². The van der Waals surface area contributed by atoms with Crippen LogP contribution in [0.5, 0.6) is 0 Å². The van der Waals surface area contributed by atoms with Crippen LogP contribution < -0.4 is 41.5 Å². The van der Waals surface area contributed by atoms with Gasteiger partial charge in [0.15, 0.2) is 16.1 Å². The Hall–Kier alpha value is -5.57. The molecule has 9 rings (SSSR count). The number of nitrogens with zero attached hydrogens (tertiary/aromatic N) is 4. The van der Waals surface area contributed by atoms with Crippen LogP contribution in [0.15, 0.2) is 171 Å². The lowest BCUT2D eigenvalue weighted by molar-refractivity contribution is 1.33. The van der Waals surface area contributed by atoms with Crippen LogP contribution in [0.25, 0.3) is 21.5 Å². The van der Waals surface area contributed by atoms with Crippen molar-refractivity contribution in [3.05, 3.63) is 171 Å². The van der Waals surface area contributed by atoms with Gasteiger partial charge in [0, 0.05) is 49.6 Å². The second-order valence-corrected chi connectivity index (χ2v) is 19.4. The number of aromatic nitrogens is 4. The van der Waals surface area contributed by atoms with Gasteiger partial charge in [-0.2, -0.15) is 0 Å². The number of fused-ring (bicyclic) bond motifs is 4. The van der Waals surface area contributed by atoms with E-state index in [0.717, 1.165) is 0 Å². The molecule has 0 bridgehead atoms. The monoisotopic (exact) mass is 620 g/mol. The molecular weight excluding hydrogens is 593 g/mol. The Morgan fingerprint density at radius 3 is 0.717 bits per heavy atom. The van der Waals surface area contributed by atoms with E-state index in [-0.39, 0.29) is 0 Å². The maximum atomic E-state index is 4.51. The minimum atomic E-state index is -2.94. The number of pyridine rings is 4. The van der Waals surface area contributed by atoms with Crippen molar-refractivity contribution in [2.24, 2.45) is 0 Å². The summed E-state index contributed by atoms with van der Waals surface area (Å²) >= 11 is 0. The molecule has 5 heterocycles. The molecule has 0 saturated carbocycles. The van der Waals surface area contributed by atoms with Crippen molar-refractivity contribution < 1.29 is 0 Å². The third-order valence-electron chi connectivity index (χ3n) is 9.84. The SMILES string of the molecule is c1ccc2cc3c(cc2c1)[Si](c1ccncc1)(c1ccncc1)c1cc2ccccc2cc1[Si]3(c1ccncc1)c1ccncc1. The van der Waals surface area contributed by atoms with Crippen LogP contribution in [0.2, 0.25) is 0 Å². The van der Waals surface area contributed by atoms with Crippen LogP contribution >= 0.6 is 0 Å². The summed E-state index contributed by atoms with van der Waals surface area (Å²) in [6.07, 6.45) is 15.6. The van der Waals surface area contributed by atoms with Gasteiger partial charge in [-0.15, -0.1) is 0 Å². The Labute approximate surface area is 269 Å². The largest absolute Gasteiger partial charge is 0.265 e. The summed E-state index contributed by atoms with van der Waals surface area (Å²) in [6.45, 7) is 0. The molecule has 0 fully saturated rings. The third kappa shape index (κ3) is 3.71. The topological polar surface area (TPSA) is 51.6 Å². The van der Waals surface area contributed by atoms with Gasteiger partial charge < -0.3 is 0 Å². The summed E-state index contributed by atoms with van der Waals surface area (Å²) in [5.74, 6) is 0. The molecule has 4 nitrogen and oxygen atoms in total. The highest BCUT2D eigenvalue weighted by Gasteiger charge is 2.56. The highest BCUT2D eigenvalue weighted by atomic mass is 28.3. The highest BCUT2D eigenvalue weighted by Crippen LogP contribution is 2.24. The van der Waals surface area contributed by atoms with Crippen LogP contribution in [0.3, 0.4) is 0 Å². The molecule has 0 amide bonds. The molecular formula is C40H28N4Si2. The Morgan fingerprint density at radius 2 is 0.500 bits per heavy atom. The van der Waals surface area contributed by atoms with E-state index >= 15 is 0 Å². The van der Waals surface area contributed by atoms with E-state index in [1.54, 1.807) is 0 Å². The molecule has 0 aliphatic carbocycles. The zero-order valence-electron chi connectivity index (χ0n) is 25.0. The third-order valence-corrected chi connectivity index (χ3v) is 20.0. The van der Waals surface area contributed by atoms with Gasteiger partial charge in [0.2, 0.25) is 0 Å². The molecule has 0 radical (unpaired) electrons. The first-order valence-corrected chi connectivity index (χ1v) is 19.5. The molecule has 1 aliphatic rings. The van der Waals surface area contributed by atoms with Gasteiger partial charge in [0.1, 0.15) is 0 Å². The first-order valence-electron chi connectivity index (χ1n) is 15.5. The highest BCUT2D eigenvalue weighted by molar-refractivity contribution is 7.33. The predicted octanol–water partition coefficient (Wildman–Crippen LogP) is 2.64.